The Kier molecular flexibility index (Phi) is 7.75. The summed E-state index contributed by atoms with van der Waals surface area (Å²) in [7, 11) is 0. The molecule has 0 bridgehead atoms. The quantitative estimate of drug-likeness (QED) is 0.430. The van der Waals surface area contributed by atoms with Crippen LogP contribution in [0.5, 0.6) is 0 Å². The molecule has 1 aliphatic rings. The Morgan fingerprint density at radius 3 is 2.68 bits per heavy atom. The molecule has 0 spiro atoms. The third-order valence-corrected chi connectivity index (χ3v) is 5.98. The van der Waals surface area contributed by atoms with Crippen LogP contribution in [-0.2, 0) is 29.0 Å². The topological polar surface area (TPSA) is 127 Å². The number of pyridine rings is 1. The van der Waals surface area contributed by atoms with E-state index in [1.807, 2.05) is 0 Å². The molecule has 3 aromatic rings. The van der Waals surface area contributed by atoms with E-state index in [0.29, 0.717) is 35.7 Å². The van der Waals surface area contributed by atoms with Crippen LogP contribution in [0.4, 0.5) is 20.7 Å². The minimum Gasteiger partial charge on any atom is -0.444 e. The average Bonchev–Trinajstić information content (AvgIpc) is 3.27. The summed E-state index contributed by atoms with van der Waals surface area (Å²) in [5, 5.41) is 8.48. The Morgan fingerprint density at radius 2 is 1.97 bits per heavy atom. The predicted octanol–water partition coefficient (Wildman–Crippen LogP) is 3.85. The van der Waals surface area contributed by atoms with Crippen molar-refractivity contribution in [3.63, 3.8) is 0 Å². The van der Waals surface area contributed by atoms with Crippen molar-refractivity contribution in [2.75, 3.05) is 10.6 Å². The molecule has 11 heteroatoms. The summed E-state index contributed by atoms with van der Waals surface area (Å²) in [5.41, 5.74) is 1.35. The lowest BCUT2D eigenvalue weighted by molar-refractivity contribution is -0.124. The molecule has 2 amide bonds. The first-order valence-electron chi connectivity index (χ1n) is 12.3. The van der Waals surface area contributed by atoms with Crippen LogP contribution < -0.4 is 21.5 Å². The van der Waals surface area contributed by atoms with Gasteiger partial charge in [0.2, 0.25) is 5.91 Å². The first-order chi connectivity index (χ1) is 18.0. The molecule has 4 rings (SSSR count). The van der Waals surface area contributed by atoms with Gasteiger partial charge in [-0.2, -0.15) is 0 Å². The van der Waals surface area contributed by atoms with E-state index in [0.717, 1.165) is 5.56 Å². The Hall–Kier alpha value is -4.28. The summed E-state index contributed by atoms with van der Waals surface area (Å²) in [6.07, 6.45) is 1.81. The Bertz CT molecular complexity index is 1420. The number of fused-ring (bicyclic) bond motifs is 1. The monoisotopic (exact) mass is 522 g/mol. The smallest absolute Gasteiger partial charge is 0.413 e. The highest BCUT2D eigenvalue weighted by Crippen LogP contribution is 2.24. The second kappa shape index (κ2) is 11.0. The van der Waals surface area contributed by atoms with Crippen LogP contribution in [-0.4, -0.2) is 32.1 Å². The second-order valence-corrected chi connectivity index (χ2v) is 10.1. The third-order valence-electron chi connectivity index (χ3n) is 5.98. The summed E-state index contributed by atoms with van der Waals surface area (Å²) in [6, 6.07) is 8.80. The SMILES string of the molecule is Cc1nc(NC(=O)OC(C)(C)C)ccc1CNC(=O)[C@@H]1CCc2ncc(NCc3cccc(F)c3)c(=O)n21. The number of carbonyl (C=O) groups excluding carboxylic acids is 2. The van der Waals surface area contributed by atoms with Crippen molar-refractivity contribution < 1.29 is 18.7 Å². The first-order valence-corrected chi connectivity index (χ1v) is 12.3. The maximum Gasteiger partial charge on any atom is 0.413 e. The zero-order chi connectivity index (χ0) is 27.4. The van der Waals surface area contributed by atoms with E-state index in [-0.39, 0.29) is 36.1 Å². The standard InChI is InChI=1S/C27H31FN6O4/c1-16-18(8-10-22(32-16)33-26(37)38-27(2,3)4)14-31-24(35)21-9-11-23-30-15-20(25(36)34(21)23)29-13-17-6-5-7-19(28)12-17/h5-8,10,12,15,21,29H,9,11,13-14H2,1-4H3,(H,31,35)(H,32,33,37)/t21-/m0/s1. The van der Waals surface area contributed by atoms with Gasteiger partial charge in [0, 0.05) is 25.2 Å². The maximum atomic E-state index is 13.5. The normalized spacial score (nSPS) is 14.5. The minimum atomic E-state index is -0.692. The Morgan fingerprint density at radius 1 is 1.18 bits per heavy atom. The second-order valence-electron chi connectivity index (χ2n) is 10.1. The number of ether oxygens (including phenoxy) is 1. The first kappa shape index (κ1) is 26.8. The lowest BCUT2D eigenvalue weighted by atomic mass is 10.1. The van der Waals surface area contributed by atoms with E-state index < -0.39 is 17.7 Å². The zero-order valence-corrected chi connectivity index (χ0v) is 21.8. The number of amides is 2. The van der Waals surface area contributed by atoms with E-state index in [1.165, 1.54) is 22.9 Å². The van der Waals surface area contributed by atoms with Crippen LogP contribution in [0.2, 0.25) is 0 Å². The lowest BCUT2D eigenvalue weighted by Gasteiger charge is -2.19. The summed E-state index contributed by atoms with van der Waals surface area (Å²) >= 11 is 0. The highest BCUT2D eigenvalue weighted by molar-refractivity contribution is 5.83. The number of benzene rings is 1. The molecule has 1 aliphatic heterocycles. The molecule has 3 heterocycles. The summed E-state index contributed by atoms with van der Waals surface area (Å²) in [5.74, 6) is 0.226. The number of nitrogens with zero attached hydrogens (tertiary/aromatic N) is 3. The number of aryl methyl sites for hydroxylation is 2. The number of rotatable bonds is 7. The minimum absolute atomic E-state index is 0.204. The molecule has 0 saturated carbocycles. The summed E-state index contributed by atoms with van der Waals surface area (Å²) in [6.45, 7) is 7.54. The molecule has 38 heavy (non-hydrogen) atoms. The molecular weight excluding hydrogens is 491 g/mol. The van der Waals surface area contributed by atoms with Gasteiger partial charge in [0.05, 0.1) is 6.20 Å². The Labute approximate surface area is 219 Å². The number of nitrogens with one attached hydrogen (secondary N) is 3. The maximum absolute atomic E-state index is 13.5. The van der Waals surface area contributed by atoms with Crippen LogP contribution in [0, 0.1) is 12.7 Å². The molecule has 0 unspecified atom stereocenters. The number of hydrogen-bond donors (Lipinski definition) is 3. The van der Waals surface area contributed by atoms with E-state index in [9.17, 15) is 18.8 Å². The molecule has 3 N–H and O–H groups in total. The van der Waals surface area contributed by atoms with Crippen molar-refractivity contribution in [1.82, 2.24) is 19.9 Å². The molecule has 0 radical (unpaired) electrons. The van der Waals surface area contributed by atoms with Gasteiger partial charge in [-0.1, -0.05) is 18.2 Å². The lowest BCUT2D eigenvalue weighted by Crippen LogP contribution is -2.36. The highest BCUT2D eigenvalue weighted by Gasteiger charge is 2.31. The molecule has 0 saturated heterocycles. The van der Waals surface area contributed by atoms with Crippen LogP contribution in [0.1, 0.15) is 55.9 Å². The van der Waals surface area contributed by atoms with Crippen molar-refractivity contribution in [2.24, 2.45) is 0 Å². The number of hydrogen-bond acceptors (Lipinski definition) is 7. The van der Waals surface area contributed by atoms with Gasteiger partial charge in [0.15, 0.2) is 0 Å². The molecule has 0 aliphatic carbocycles. The number of carbonyl (C=O) groups is 2. The number of halogens is 1. The number of aromatic nitrogens is 3. The molecule has 1 aromatic carbocycles. The molecule has 10 nitrogen and oxygen atoms in total. The van der Waals surface area contributed by atoms with Crippen molar-refractivity contribution in [2.45, 2.75) is 65.3 Å². The van der Waals surface area contributed by atoms with Gasteiger partial charge in [0.1, 0.15) is 34.8 Å². The van der Waals surface area contributed by atoms with Crippen molar-refractivity contribution >= 4 is 23.5 Å². The Balaban J connectivity index is 1.39. The molecular formula is C27H31FN6O4. The zero-order valence-electron chi connectivity index (χ0n) is 21.8. The average molecular weight is 523 g/mol. The fourth-order valence-corrected chi connectivity index (χ4v) is 4.17. The van der Waals surface area contributed by atoms with E-state index in [1.54, 1.807) is 52.0 Å². The van der Waals surface area contributed by atoms with Gasteiger partial charge in [-0.15, -0.1) is 0 Å². The third kappa shape index (κ3) is 6.53. The molecule has 2 aromatic heterocycles. The fourth-order valence-electron chi connectivity index (χ4n) is 4.17. The van der Waals surface area contributed by atoms with E-state index >= 15 is 0 Å². The van der Waals surface area contributed by atoms with E-state index in [4.69, 9.17) is 4.74 Å². The van der Waals surface area contributed by atoms with Crippen LogP contribution in [0.15, 0.2) is 47.4 Å². The summed E-state index contributed by atoms with van der Waals surface area (Å²) in [4.78, 5) is 46.9. The largest absolute Gasteiger partial charge is 0.444 e. The van der Waals surface area contributed by atoms with E-state index in [2.05, 4.69) is 25.9 Å². The number of anilines is 2. The van der Waals surface area contributed by atoms with Gasteiger partial charge >= 0.3 is 6.09 Å². The highest BCUT2D eigenvalue weighted by atomic mass is 19.1. The van der Waals surface area contributed by atoms with Crippen LogP contribution in [0.25, 0.3) is 0 Å². The van der Waals surface area contributed by atoms with Crippen LogP contribution >= 0.6 is 0 Å². The van der Waals surface area contributed by atoms with Crippen molar-refractivity contribution in [3.05, 3.63) is 81.4 Å². The van der Waals surface area contributed by atoms with Gasteiger partial charge in [-0.25, -0.2) is 19.2 Å². The van der Waals surface area contributed by atoms with Crippen molar-refractivity contribution in [3.8, 4) is 0 Å². The van der Waals surface area contributed by atoms with Gasteiger partial charge in [-0.05, 0) is 63.4 Å². The predicted molar refractivity (Wildman–Crippen MR) is 140 cm³/mol. The summed E-state index contributed by atoms with van der Waals surface area (Å²) < 4.78 is 20.1. The molecule has 1 atom stereocenters. The molecule has 200 valence electrons. The van der Waals surface area contributed by atoms with Crippen LogP contribution in [0.3, 0.4) is 0 Å². The fraction of sp³-hybridized carbons (Fsp3) is 0.370. The van der Waals surface area contributed by atoms with Gasteiger partial charge < -0.3 is 15.4 Å². The molecule has 0 fully saturated rings. The van der Waals surface area contributed by atoms with Gasteiger partial charge in [-0.3, -0.25) is 19.5 Å². The van der Waals surface area contributed by atoms with Crippen molar-refractivity contribution in [1.29, 1.82) is 0 Å². The van der Waals surface area contributed by atoms with Gasteiger partial charge in [0.25, 0.3) is 5.56 Å².